The lowest BCUT2D eigenvalue weighted by atomic mass is 9.98. The first-order valence-corrected chi connectivity index (χ1v) is 7.36. The predicted molar refractivity (Wildman–Crippen MR) is 73.0 cm³/mol. The van der Waals surface area contributed by atoms with Crippen molar-refractivity contribution in [3.05, 3.63) is 0 Å². The van der Waals surface area contributed by atoms with E-state index in [0.29, 0.717) is 18.1 Å². The van der Waals surface area contributed by atoms with Crippen molar-refractivity contribution in [2.24, 2.45) is 5.73 Å². The van der Waals surface area contributed by atoms with Crippen molar-refractivity contribution in [1.82, 2.24) is 4.90 Å². The van der Waals surface area contributed by atoms with E-state index < -0.39 is 0 Å². The van der Waals surface area contributed by atoms with Crippen LogP contribution in [0.1, 0.15) is 58.8 Å². The third-order valence-corrected chi connectivity index (χ3v) is 4.23. The summed E-state index contributed by atoms with van der Waals surface area (Å²) < 4.78 is 0. The summed E-state index contributed by atoms with van der Waals surface area (Å²) in [4.78, 5) is 2.48. The molecule has 2 unspecified atom stereocenters. The van der Waals surface area contributed by atoms with Gasteiger partial charge in [0.15, 0.2) is 0 Å². The lowest BCUT2D eigenvalue weighted by Gasteiger charge is -2.39. The molecule has 0 bridgehead atoms. The summed E-state index contributed by atoms with van der Waals surface area (Å²) in [5.41, 5.74) is 6.33. The molecule has 17 heavy (non-hydrogen) atoms. The highest BCUT2D eigenvalue weighted by Gasteiger charge is 2.29. The van der Waals surface area contributed by atoms with Gasteiger partial charge in [-0.15, -0.1) is 0 Å². The lowest BCUT2D eigenvalue weighted by molar-refractivity contribution is 0.0788. The fraction of sp³-hybridized carbons (Fsp3) is 1.00. The first-order valence-electron chi connectivity index (χ1n) is 7.36. The van der Waals surface area contributed by atoms with E-state index in [2.05, 4.69) is 18.7 Å². The Morgan fingerprint density at radius 3 is 2.41 bits per heavy atom. The third kappa shape index (κ3) is 4.23. The summed E-state index contributed by atoms with van der Waals surface area (Å²) in [6.07, 6.45) is 8.54. The Labute approximate surface area is 106 Å². The number of aliphatic hydroxyl groups is 1. The fourth-order valence-electron chi connectivity index (χ4n) is 3.22. The topological polar surface area (TPSA) is 49.5 Å². The number of nitrogens with two attached hydrogens (primary N) is 1. The lowest BCUT2D eigenvalue weighted by Crippen LogP contribution is -2.52. The molecular weight excluding hydrogens is 212 g/mol. The number of rotatable bonds is 6. The van der Waals surface area contributed by atoms with Crippen molar-refractivity contribution < 1.29 is 5.11 Å². The van der Waals surface area contributed by atoms with Gasteiger partial charge in [0.2, 0.25) is 0 Å². The molecule has 3 nitrogen and oxygen atoms in total. The Bertz CT molecular complexity index is 195. The largest absolute Gasteiger partial charge is 0.395 e. The molecule has 2 atom stereocenters. The van der Waals surface area contributed by atoms with Crippen molar-refractivity contribution in [3.63, 3.8) is 0 Å². The third-order valence-electron chi connectivity index (χ3n) is 4.23. The summed E-state index contributed by atoms with van der Waals surface area (Å²) in [5.74, 6) is 0. The Morgan fingerprint density at radius 2 is 1.82 bits per heavy atom. The highest BCUT2D eigenvalue weighted by Crippen LogP contribution is 2.24. The van der Waals surface area contributed by atoms with E-state index in [0.717, 1.165) is 25.8 Å². The molecule has 0 radical (unpaired) electrons. The van der Waals surface area contributed by atoms with Crippen LogP contribution in [0.15, 0.2) is 0 Å². The first-order chi connectivity index (χ1) is 8.24. The average molecular weight is 242 g/mol. The Morgan fingerprint density at radius 1 is 1.18 bits per heavy atom. The molecule has 0 amide bonds. The van der Waals surface area contributed by atoms with Crippen LogP contribution in [0.3, 0.4) is 0 Å². The zero-order valence-corrected chi connectivity index (χ0v) is 11.6. The van der Waals surface area contributed by atoms with E-state index >= 15 is 0 Å². The van der Waals surface area contributed by atoms with Crippen molar-refractivity contribution in [1.29, 1.82) is 0 Å². The highest BCUT2D eigenvalue weighted by molar-refractivity contribution is 4.87. The minimum Gasteiger partial charge on any atom is -0.395 e. The second-order valence-corrected chi connectivity index (χ2v) is 5.30. The molecule has 0 aromatic carbocycles. The maximum absolute atomic E-state index is 9.28. The van der Waals surface area contributed by atoms with Crippen LogP contribution < -0.4 is 5.73 Å². The van der Waals surface area contributed by atoms with Crippen LogP contribution in [0.4, 0.5) is 0 Å². The minimum atomic E-state index is 0.250. The second kappa shape index (κ2) is 8.06. The van der Waals surface area contributed by atoms with Crippen LogP contribution >= 0.6 is 0 Å². The minimum absolute atomic E-state index is 0.250. The molecule has 1 fully saturated rings. The van der Waals surface area contributed by atoms with E-state index in [1.807, 2.05) is 0 Å². The maximum atomic E-state index is 9.28. The first kappa shape index (κ1) is 14.9. The number of nitrogens with zero attached hydrogens (tertiary/aromatic N) is 1. The van der Waals surface area contributed by atoms with Crippen LogP contribution in [-0.4, -0.2) is 41.3 Å². The van der Waals surface area contributed by atoms with Crippen LogP contribution in [0.5, 0.6) is 0 Å². The summed E-state index contributed by atoms with van der Waals surface area (Å²) in [5, 5.41) is 9.28. The predicted octanol–water partition coefficient (Wildman–Crippen LogP) is 2.13. The zero-order valence-electron chi connectivity index (χ0n) is 11.6. The molecule has 1 rings (SSSR count). The summed E-state index contributed by atoms with van der Waals surface area (Å²) >= 11 is 0. The molecule has 0 aromatic rings. The molecule has 1 saturated carbocycles. The molecule has 3 heteroatoms. The molecule has 0 aliphatic heterocycles. The van der Waals surface area contributed by atoms with Crippen molar-refractivity contribution in [2.45, 2.75) is 76.9 Å². The van der Waals surface area contributed by atoms with E-state index in [1.165, 1.54) is 25.7 Å². The van der Waals surface area contributed by atoms with Gasteiger partial charge in [-0.1, -0.05) is 33.1 Å². The van der Waals surface area contributed by atoms with E-state index in [4.69, 9.17) is 5.73 Å². The van der Waals surface area contributed by atoms with Crippen molar-refractivity contribution >= 4 is 0 Å². The SMILES string of the molecule is CCC(CC)N(CCO)C1CCCCCC1N. The second-order valence-electron chi connectivity index (χ2n) is 5.30. The molecular formula is C14H30N2O. The van der Waals surface area contributed by atoms with Gasteiger partial charge in [-0.25, -0.2) is 0 Å². The fourth-order valence-corrected chi connectivity index (χ4v) is 3.22. The maximum Gasteiger partial charge on any atom is 0.0558 e. The normalized spacial score (nSPS) is 26.5. The van der Waals surface area contributed by atoms with Gasteiger partial charge < -0.3 is 10.8 Å². The van der Waals surface area contributed by atoms with Crippen LogP contribution in [0, 0.1) is 0 Å². The Kier molecular flexibility index (Phi) is 7.09. The molecule has 0 heterocycles. The van der Waals surface area contributed by atoms with Crippen LogP contribution in [0.25, 0.3) is 0 Å². The van der Waals surface area contributed by atoms with Gasteiger partial charge in [0.05, 0.1) is 6.61 Å². The molecule has 0 spiro atoms. The Balaban J connectivity index is 2.71. The molecule has 1 aliphatic carbocycles. The zero-order chi connectivity index (χ0) is 12.7. The number of aliphatic hydroxyl groups excluding tert-OH is 1. The van der Waals surface area contributed by atoms with E-state index in [-0.39, 0.29) is 6.61 Å². The van der Waals surface area contributed by atoms with Gasteiger partial charge >= 0.3 is 0 Å². The summed E-state index contributed by atoms with van der Waals surface area (Å²) in [6.45, 7) is 5.51. The molecule has 102 valence electrons. The van der Waals surface area contributed by atoms with Crippen molar-refractivity contribution in [3.8, 4) is 0 Å². The summed E-state index contributed by atoms with van der Waals surface area (Å²) in [6, 6.07) is 1.36. The number of hydrogen-bond donors (Lipinski definition) is 2. The standard InChI is InChI=1S/C14H30N2O/c1-3-12(4-2)16(10-11-17)14-9-7-5-6-8-13(14)15/h12-14,17H,3-11,15H2,1-2H3. The van der Waals surface area contributed by atoms with Gasteiger partial charge in [0.1, 0.15) is 0 Å². The van der Waals surface area contributed by atoms with E-state index in [1.54, 1.807) is 0 Å². The Hall–Kier alpha value is -0.120. The molecule has 3 N–H and O–H groups in total. The monoisotopic (exact) mass is 242 g/mol. The van der Waals surface area contributed by atoms with Crippen molar-refractivity contribution in [2.75, 3.05) is 13.2 Å². The van der Waals surface area contributed by atoms with Gasteiger partial charge in [-0.2, -0.15) is 0 Å². The van der Waals surface area contributed by atoms with E-state index in [9.17, 15) is 5.11 Å². The molecule has 0 saturated heterocycles. The van der Waals surface area contributed by atoms with Crippen LogP contribution in [-0.2, 0) is 0 Å². The van der Waals surface area contributed by atoms with Gasteiger partial charge in [-0.05, 0) is 25.7 Å². The average Bonchev–Trinajstić information content (AvgIpc) is 2.54. The quantitative estimate of drug-likeness (QED) is 0.702. The smallest absolute Gasteiger partial charge is 0.0558 e. The number of hydrogen-bond acceptors (Lipinski definition) is 3. The van der Waals surface area contributed by atoms with Gasteiger partial charge in [-0.3, -0.25) is 4.90 Å². The molecule has 0 aromatic heterocycles. The van der Waals surface area contributed by atoms with Crippen LogP contribution in [0.2, 0.25) is 0 Å². The summed E-state index contributed by atoms with van der Waals surface area (Å²) in [7, 11) is 0. The van der Waals surface area contributed by atoms with Gasteiger partial charge in [0, 0.05) is 24.7 Å². The van der Waals surface area contributed by atoms with Gasteiger partial charge in [0.25, 0.3) is 0 Å². The highest BCUT2D eigenvalue weighted by atomic mass is 16.3. The molecule has 1 aliphatic rings.